The first-order valence-corrected chi connectivity index (χ1v) is 12.0. The minimum atomic E-state index is -0.151. The van der Waals surface area contributed by atoms with E-state index in [2.05, 4.69) is 6.92 Å². The van der Waals surface area contributed by atoms with Crippen molar-refractivity contribution in [3.8, 4) is 12.1 Å². The van der Waals surface area contributed by atoms with E-state index in [9.17, 15) is 9.59 Å². The van der Waals surface area contributed by atoms with Gasteiger partial charge in [0.05, 0.1) is 36.1 Å². The molecule has 0 fully saturated rings. The van der Waals surface area contributed by atoms with Gasteiger partial charge in [-0.15, -0.1) is 11.3 Å². The summed E-state index contributed by atoms with van der Waals surface area (Å²) in [4.78, 5) is 34.2. The molecule has 0 spiro atoms. The van der Waals surface area contributed by atoms with Crippen LogP contribution in [0, 0.1) is 28.6 Å². The Morgan fingerprint density at radius 3 is 2.67 bits per heavy atom. The number of carbonyl (C=O) groups excluding carboxylic acids is 1. The topological polar surface area (TPSA) is 103 Å². The van der Waals surface area contributed by atoms with Crippen molar-refractivity contribution in [3.63, 3.8) is 0 Å². The third-order valence-corrected chi connectivity index (χ3v) is 7.47. The highest BCUT2D eigenvalue weighted by Gasteiger charge is 2.25. The Kier molecular flexibility index (Phi) is 7.52. The fourth-order valence-electron chi connectivity index (χ4n) is 3.74. The molecule has 9 heteroatoms. The van der Waals surface area contributed by atoms with Gasteiger partial charge in [-0.2, -0.15) is 10.5 Å². The molecule has 3 rings (SSSR count). The predicted octanol–water partition coefficient (Wildman–Crippen LogP) is 3.35. The average molecular weight is 444 g/mol. The molecule has 2 aromatic heterocycles. The molecule has 0 saturated carbocycles. The van der Waals surface area contributed by atoms with Crippen molar-refractivity contribution in [1.82, 2.24) is 14.5 Å². The first kappa shape index (κ1) is 22.3. The molecule has 1 aliphatic rings. The van der Waals surface area contributed by atoms with Gasteiger partial charge in [0.2, 0.25) is 5.91 Å². The molecule has 0 saturated heterocycles. The van der Waals surface area contributed by atoms with Crippen LogP contribution in [0.15, 0.2) is 9.95 Å². The molecule has 2 heterocycles. The van der Waals surface area contributed by atoms with Crippen molar-refractivity contribution >= 4 is 39.2 Å². The van der Waals surface area contributed by atoms with Crippen LogP contribution in [0.3, 0.4) is 0 Å². The number of thiophene rings is 1. The van der Waals surface area contributed by atoms with E-state index in [-0.39, 0.29) is 30.1 Å². The van der Waals surface area contributed by atoms with Crippen molar-refractivity contribution in [2.24, 2.45) is 5.92 Å². The molecular weight excluding hydrogens is 418 g/mol. The van der Waals surface area contributed by atoms with Gasteiger partial charge < -0.3 is 4.90 Å². The molecule has 0 radical (unpaired) electrons. The number of hydrogen-bond acceptors (Lipinski definition) is 7. The number of nitriles is 2. The fraction of sp³-hybridized carbons (Fsp3) is 0.571. The summed E-state index contributed by atoms with van der Waals surface area (Å²) < 4.78 is 1.65. The molecular formula is C21H25N5O2S2. The lowest BCUT2D eigenvalue weighted by Gasteiger charge is -2.20. The number of amides is 1. The molecule has 1 atom stereocenters. The lowest BCUT2D eigenvalue weighted by molar-refractivity contribution is -0.128. The quantitative estimate of drug-likeness (QED) is 0.458. The van der Waals surface area contributed by atoms with Crippen LogP contribution in [0.4, 0.5) is 0 Å². The van der Waals surface area contributed by atoms with Gasteiger partial charge in [0.15, 0.2) is 5.16 Å². The number of aryl methyl sites for hydroxylation is 1. The summed E-state index contributed by atoms with van der Waals surface area (Å²) in [7, 11) is 0. The number of thioether (sulfide) groups is 1. The van der Waals surface area contributed by atoms with Crippen LogP contribution in [-0.4, -0.2) is 39.2 Å². The minimum Gasteiger partial charge on any atom is -0.340 e. The largest absolute Gasteiger partial charge is 0.340 e. The SMILES string of the molecule is CCn1c(SCC(=O)N(CCC#N)CCC#N)nc2sc3c(c2c1=O)CCC(C)C3. The van der Waals surface area contributed by atoms with Crippen molar-refractivity contribution in [2.45, 2.75) is 57.7 Å². The highest BCUT2D eigenvalue weighted by atomic mass is 32.2. The molecule has 158 valence electrons. The van der Waals surface area contributed by atoms with E-state index in [4.69, 9.17) is 15.5 Å². The van der Waals surface area contributed by atoms with Crippen LogP contribution in [0.5, 0.6) is 0 Å². The second-order valence-corrected chi connectivity index (χ2v) is 9.49. The molecule has 2 aromatic rings. The molecule has 0 N–H and O–H groups in total. The van der Waals surface area contributed by atoms with Crippen LogP contribution in [0.2, 0.25) is 0 Å². The molecule has 0 aliphatic heterocycles. The predicted molar refractivity (Wildman–Crippen MR) is 119 cm³/mol. The van der Waals surface area contributed by atoms with E-state index < -0.39 is 0 Å². The van der Waals surface area contributed by atoms with Crippen molar-refractivity contribution in [3.05, 3.63) is 20.8 Å². The van der Waals surface area contributed by atoms with Crippen molar-refractivity contribution in [2.75, 3.05) is 18.8 Å². The number of nitrogens with zero attached hydrogens (tertiary/aromatic N) is 5. The summed E-state index contributed by atoms with van der Waals surface area (Å²) in [5, 5.41) is 18.9. The number of rotatable bonds is 8. The summed E-state index contributed by atoms with van der Waals surface area (Å²) in [5.41, 5.74) is 1.15. The first-order valence-electron chi connectivity index (χ1n) is 10.2. The Balaban J connectivity index is 1.85. The van der Waals surface area contributed by atoms with Crippen LogP contribution in [0.1, 0.15) is 43.6 Å². The van der Waals surface area contributed by atoms with E-state index in [0.717, 1.165) is 29.5 Å². The maximum atomic E-state index is 13.2. The highest BCUT2D eigenvalue weighted by Crippen LogP contribution is 2.36. The van der Waals surface area contributed by atoms with Gasteiger partial charge in [-0.3, -0.25) is 14.2 Å². The van der Waals surface area contributed by atoms with Crippen molar-refractivity contribution < 1.29 is 4.79 Å². The Morgan fingerprint density at radius 1 is 1.33 bits per heavy atom. The average Bonchev–Trinajstić information content (AvgIpc) is 3.09. The molecule has 30 heavy (non-hydrogen) atoms. The molecule has 7 nitrogen and oxygen atoms in total. The van der Waals surface area contributed by atoms with E-state index >= 15 is 0 Å². The molecule has 1 unspecified atom stereocenters. The Hall–Kier alpha value is -2.36. The van der Waals surface area contributed by atoms with Crippen LogP contribution in [-0.2, 0) is 24.2 Å². The zero-order valence-corrected chi connectivity index (χ0v) is 18.9. The van der Waals surface area contributed by atoms with E-state index in [1.54, 1.807) is 15.9 Å². The third-order valence-electron chi connectivity index (χ3n) is 5.36. The van der Waals surface area contributed by atoms with E-state index in [1.807, 2.05) is 19.1 Å². The summed E-state index contributed by atoms with van der Waals surface area (Å²) in [6.45, 7) is 5.25. The first-order chi connectivity index (χ1) is 14.5. The van der Waals surface area contributed by atoms with Gasteiger partial charge in [-0.05, 0) is 37.7 Å². The highest BCUT2D eigenvalue weighted by molar-refractivity contribution is 7.99. The lowest BCUT2D eigenvalue weighted by atomic mass is 9.89. The second-order valence-electron chi connectivity index (χ2n) is 7.46. The minimum absolute atomic E-state index is 0.0182. The van der Waals surface area contributed by atoms with Gasteiger partial charge in [-0.1, -0.05) is 18.7 Å². The lowest BCUT2D eigenvalue weighted by Crippen LogP contribution is -2.34. The van der Waals surface area contributed by atoms with Gasteiger partial charge in [0.25, 0.3) is 5.56 Å². The maximum absolute atomic E-state index is 13.2. The summed E-state index contributed by atoms with van der Waals surface area (Å²) >= 11 is 2.86. The Labute approximate surface area is 184 Å². The number of hydrogen-bond donors (Lipinski definition) is 0. The van der Waals surface area contributed by atoms with Crippen LogP contribution in [0.25, 0.3) is 10.2 Å². The third kappa shape index (κ3) is 4.69. The standard InChI is InChI=1S/C21H25N5O2S2/c1-3-26-20(28)18-15-7-6-14(2)12-16(15)30-19(18)24-21(26)29-13-17(27)25(10-4-8-22)11-5-9-23/h14H,3-7,10-13H2,1-2H3. The van der Waals surface area contributed by atoms with Gasteiger partial charge in [-0.25, -0.2) is 4.98 Å². The molecule has 1 aliphatic carbocycles. The van der Waals surface area contributed by atoms with Crippen molar-refractivity contribution in [1.29, 1.82) is 10.5 Å². The van der Waals surface area contributed by atoms with E-state index in [0.29, 0.717) is 30.7 Å². The summed E-state index contributed by atoms with van der Waals surface area (Å²) in [5.74, 6) is 0.594. The number of carbonyl (C=O) groups is 1. The summed E-state index contributed by atoms with van der Waals surface area (Å²) in [6.07, 6.45) is 3.47. The van der Waals surface area contributed by atoms with Gasteiger partial charge in [0, 0.05) is 24.5 Å². The Morgan fingerprint density at radius 2 is 2.03 bits per heavy atom. The zero-order chi connectivity index (χ0) is 21.7. The maximum Gasteiger partial charge on any atom is 0.263 e. The van der Waals surface area contributed by atoms with Crippen LogP contribution >= 0.6 is 23.1 Å². The fourth-order valence-corrected chi connectivity index (χ4v) is 6.13. The second kappa shape index (κ2) is 10.1. The molecule has 0 bridgehead atoms. The number of fused-ring (bicyclic) bond motifs is 3. The molecule has 0 aromatic carbocycles. The normalized spacial score (nSPS) is 15.4. The summed E-state index contributed by atoms with van der Waals surface area (Å²) in [6, 6.07) is 4.07. The molecule has 1 amide bonds. The zero-order valence-electron chi connectivity index (χ0n) is 17.3. The van der Waals surface area contributed by atoms with Gasteiger partial charge >= 0.3 is 0 Å². The van der Waals surface area contributed by atoms with E-state index in [1.165, 1.54) is 27.1 Å². The smallest absolute Gasteiger partial charge is 0.263 e. The number of aromatic nitrogens is 2. The van der Waals surface area contributed by atoms with Crippen LogP contribution < -0.4 is 5.56 Å². The Bertz CT molecular complexity index is 1060. The van der Waals surface area contributed by atoms with Gasteiger partial charge in [0.1, 0.15) is 4.83 Å². The monoisotopic (exact) mass is 443 g/mol.